The third-order valence-corrected chi connectivity index (χ3v) is 0. The summed E-state index contributed by atoms with van der Waals surface area (Å²) < 4.78 is 29.5. The van der Waals surface area contributed by atoms with Crippen molar-refractivity contribution >= 4 is 0 Å². The summed E-state index contributed by atoms with van der Waals surface area (Å²) in [6.07, 6.45) is 0. The summed E-state index contributed by atoms with van der Waals surface area (Å²) in [5.41, 5.74) is 0. The van der Waals surface area contributed by atoms with Crippen LogP contribution in [0.4, 0.5) is 0 Å². The van der Waals surface area contributed by atoms with Crippen molar-refractivity contribution in [3.8, 4) is 0 Å². The first-order chi connectivity index (χ1) is 4.18. The van der Waals surface area contributed by atoms with Crippen molar-refractivity contribution in [2.45, 2.75) is 0 Å². The van der Waals surface area contributed by atoms with Crippen LogP contribution in [0.1, 0.15) is 0 Å². The third kappa shape index (κ3) is 3650. The van der Waals surface area contributed by atoms with Gasteiger partial charge in [0.25, 0.3) is 5.09 Å². The van der Waals surface area contributed by atoms with Crippen LogP contribution in [-0.2, 0) is 14.3 Å². The minimum atomic E-state index is -5.17. The zero-order valence-electron chi connectivity index (χ0n) is 5.51. The zero-order valence-corrected chi connectivity index (χ0v) is 7.90. The van der Waals surface area contributed by atoms with Crippen LogP contribution < -0.4 is 26.4 Å². The Kier molecular flexibility index (Phi) is 2.76. The Morgan fingerprint density at radius 1 is 1.09 bits per heavy atom. The second-order valence-electron chi connectivity index (χ2n) is 1.90. The van der Waals surface area contributed by atoms with Gasteiger partial charge >= 0.3 is 40.8 Å². The van der Waals surface area contributed by atoms with E-state index in [0.717, 1.165) is 0 Å². The van der Waals surface area contributed by atoms with Gasteiger partial charge in [0.05, 0.1) is 0 Å². The molecule has 11 heavy (non-hydrogen) atoms. The maximum atomic E-state index is 8.36. The molecule has 0 spiro atoms. The Bertz CT molecular complexity index is 132. The van der Waals surface area contributed by atoms with Crippen LogP contribution in [0.5, 0.6) is 0 Å². The molecule has 0 aromatic heterocycles. The van der Waals surface area contributed by atoms with Gasteiger partial charge in [0.1, 0.15) is 0 Å². The molecule has 0 radical (unpaired) electrons. The van der Waals surface area contributed by atoms with Crippen molar-refractivity contribution in [2.75, 3.05) is 0 Å². The molecule has 0 fully saturated rings. The Morgan fingerprint density at radius 2 is 1.09 bits per heavy atom. The third-order valence-electron chi connectivity index (χ3n) is 0. The molecule has 0 rings (SSSR count). The molecule has 0 unspecified atom stereocenters. The molecular weight excluding hydrogens is 338 g/mol. The number of nitrogens with zero attached hydrogens (tertiary/aromatic N) is 1. The quantitative estimate of drug-likeness (QED) is 0.167. The van der Waals surface area contributed by atoms with E-state index in [9.17, 15) is 0 Å². The van der Waals surface area contributed by atoms with E-state index in [0.29, 0.717) is 0 Å². The van der Waals surface area contributed by atoms with Crippen LogP contribution in [0.2, 0.25) is 0 Å². The van der Waals surface area contributed by atoms with Crippen molar-refractivity contribution in [1.82, 2.24) is 0 Å². The SMILES string of the molecule is O=[N+]([O-])O.[NH2][Ir]([NH2])([NH2])([NH2])([NH2])[NH2]. The molecule has 10 nitrogen and oxygen atoms in total. The van der Waals surface area contributed by atoms with Gasteiger partial charge in [0, 0.05) is 0 Å². The number of hydrogen-bond acceptors (Lipinski definition) is 8. The predicted molar refractivity (Wildman–Crippen MR) is 33.9 cm³/mol. The van der Waals surface area contributed by atoms with Gasteiger partial charge in [-0.1, -0.05) is 0 Å². The molecule has 0 heterocycles. The Hall–Kier alpha value is -0.391. The average Bonchev–Trinajstić information content (AvgIpc) is 1.11. The second-order valence-corrected chi connectivity index (χ2v) is 13.9. The predicted octanol–water partition coefficient (Wildman–Crippen LogP) is -3.89. The molecule has 0 aliphatic carbocycles. The fourth-order valence-corrected chi connectivity index (χ4v) is 0. The van der Waals surface area contributed by atoms with Gasteiger partial charge in [-0.05, 0) is 0 Å². The van der Waals surface area contributed by atoms with Gasteiger partial charge in [0.2, 0.25) is 0 Å². The van der Waals surface area contributed by atoms with Gasteiger partial charge in [0.15, 0.2) is 0 Å². The molecule has 0 aliphatic heterocycles. The Morgan fingerprint density at radius 3 is 1.09 bits per heavy atom. The van der Waals surface area contributed by atoms with Crippen molar-refractivity contribution < 1.29 is 24.6 Å². The molecule has 13 N–H and O–H groups in total. The van der Waals surface area contributed by atoms with E-state index in [2.05, 4.69) is 0 Å². The molecule has 0 bridgehead atoms. The van der Waals surface area contributed by atoms with Crippen LogP contribution in [0.25, 0.3) is 0 Å². The zero-order chi connectivity index (χ0) is 9.99. The normalized spacial score (nSPS) is 16.9. The molecule has 11 heteroatoms. The molecule has 0 saturated carbocycles. The van der Waals surface area contributed by atoms with Gasteiger partial charge in [-0.2, -0.15) is 0 Å². The van der Waals surface area contributed by atoms with Crippen LogP contribution in [0.3, 0.4) is 0 Å². The monoisotopic (exact) mass is 352 g/mol. The topological polar surface area (TPSA) is 219 Å². The van der Waals surface area contributed by atoms with E-state index >= 15 is 0 Å². The average molecular weight is 351 g/mol. The van der Waals surface area contributed by atoms with Crippen LogP contribution in [-0.4, -0.2) is 10.3 Å². The van der Waals surface area contributed by atoms with Crippen LogP contribution >= 0.6 is 0 Å². The summed E-state index contributed by atoms with van der Waals surface area (Å²) in [5, 5.41) is 13.6. The maximum absolute atomic E-state index is 8.36. The Labute approximate surface area is 61.8 Å². The molecule has 75 valence electrons. The van der Waals surface area contributed by atoms with E-state index < -0.39 is 19.4 Å². The first-order valence-electron chi connectivity index (χ1n) is 1.72. The van der Waals surface area contributed by atoms with E-state index in [4.69, 9.17) is 41.7 Å². The number of rotatable bonds is 0. The summed E-state index contributed by atoms with van der Waals surface area (Å²) in [6, 6.07) is 0. The molecule has 0 aromatic carbocycles. The molecular formula is H13IrN7O3. The standard InChI is InChI=1S/Ir.HNO3.6H2N/c;2-1(3)4;;;;;;/h;(H,2,3,4);6*1H2/q+6;;6*-1. The first-order valence-corrected chi connectivity index (χ1v) is 10.0. The summed E-state index contributed by atoms with van der Waals surface area (Å²) >= 11 is -5.17. The summed E-state index contributed by atoms with van der Waals surface area (Å²) in [5.74, 6) is 0. The number of nitrogens with two attached hydrogens (primary N) is 6. The minimum absolute atomic E-state index is 1.50. The molecule has 0 aromatic rings. The summed E-state index contributed by atoms with van der Waals surface area (Å²) in [6.45, 7) is 0. The fourth-order valence-electron chi connectivity index (χ4n) is 0. The van der Waals surface area contributed by atoms with Gasteiger partial charge < -0.3 is 5.21 Å². The van der Waals surface area contributed by atoms with Gasteiger partial charge in [-0.25, -0.2) is 0 Å². The van der Waals surface area contributed by atoms with Crippen molar-refractivity contribution in [1.29, 1.82) is 0 Å². The molecule has 0 saturated heterocycles. The van der Waals surface area contributed by atoms with E-state index in [-0.39, 0.29) is 0 Å². The van der Waals surface area contributed by atoms with E-state index in [1.54, 1.807) is 0 Å². The molecule has 0 aliphatic rings. The second kappa shape index (κ2) is 2.30. The fraction of sp³-hybridized carbons (Fsp3) is 0. The van der Waals surface area contributed by atoms with Crippen LogP contribution in [0, 0.1) is 10.1 Å². The van der Waals surface area contributed by atoms with E-state index in [1.807, 2.05) is 0 Å². The Balaban J connectivity index is 0. The van der Waals surface area contributed by atoms with Gasteiger partial charge in [-0.3, -0.25) is 0 Å². The number of hydrogen-bond donors (Lipinski definition) is 7. The summed E-state index contributed by atoms with van der Waals surface area (Å²) in [7, 11) is 0. The van der Waals surface area contributed by atoms with Crippen LogP contribution in [0.15, 0.2) is 0 Å². The van der Waals surface area contributed by atoms with E-state index in [1.165, 1.54) is 0 Å². The summed E-state index contributed by atoms with van der Waals surface area (Å²) in [4.78, 5) is 8.36. The van der Waals surface area contributed by atoms with Crippen molar-refractivity contribution in [3.05, 3.63) is 10.1 Å². The molecule has 0 amide bonds. The van der Waals surface area contributed by atoms with Crippen molar-refractivity contribution in [3.63, 3.8) is 0 Å². The van der Waals surface area contributed by atoms with Crippen molar-refractivity contribution in [2.24, 2.45) is 26.4 Å². The van der Waals surface area contributed by atoms with Gasteiger partial charge in [-0.15, -0.1) is 10.1 Å². The first kappa shape index (κ1) is 13.2. The molecule has 0 atom stereocenters.